The third kappa shape index (κ3) is 5.16. The number of rotatable bonds is 9. The summed E-state index contributed by atoms with van der Waals surface area (Å²) in [5, 5.41) is 17.2. The number of nitrogens with one attached hydrogen (secondary N) is 1. The summed E-state index contributed by atoms with van der Waals surface area (Å²) in [6.45, 7) is 1.62. The standard InChI is InChI=1S/C20H24FN7O5S2/c1-28(6-2-3-7-28)8-4-5-11-9-34-18-13(17(30)27(18)14(11)19(31)32)23-16(29)12(25-33-10-21)15-24-20(22)35-26-15/h4-5,13,18H,2-3,6-10H2,1H3,(H3-,22,23,24,26,29,31,32)/b5-4+,25-12-/t13-,18+/m1/s1. The summed E-state index contributed by atoms with van der Waals surface area (Å²) in [6, 6.07) is -1.03. The summed E-state index contributed by atoms with van der Waals surface area (Å²) < 4.78 is 17.2. The first-order chi connectivity index (χ1) is 16.7. The van der Waals surface area contributed by atoms with E-state index in [0.29, 0.717) is 11.3 Å². The number of nitrogens with two attached hydrogens (primary N) is 1. The van der Waals surface area contributed by atoms with Crippen LogP contribution in [0.5, 0.6) is 0 Å². The van der Waals surface area contributed by atoms with Gasteiger partial charge in [0.1, 0.15) is 11.4 Å². The summed E-state index contributed by atoms with van der Waals surface area (Å²) in [5.41, 5.74) is 5.36. The number of nitrogens with zero attached hydrogens (tertiary/aromatic N) is 5. The van der Waals surface area contributed by atoms with Crippen LogP contribution in [-0.4, -0.2) is 92.9 Å². The number of carboxylic acid groups (broad SMARTS) is 1. The Labute approximate surface area is 208 Å². The van der Waals surface area contributed by atoms with Gasteiger partial charge in [-0.15, -0.1) is 11.8 Å². The number of aliphatic carboxylic acids is 1. The second kappa shape index (κ2) is 10.3. The lowest BCUT2D eigenvalue weighted by Crippen LogP contribution is -2.71. The SMILES string of the molecule is C[N+]1(C/C=C/C2=C(C(=O)[O-])N3C(=O)[C@@H](NC(=O)/C(=N\OCF)c4nsc(N)n4)[C@@H]3SC2)CCCC1. The van der Waals surface area contributed by atoms with Crippen LogP contribution in [-0.2, 0) is 19.2 Å². The van der Waals surface area contributed by atoms with Crippen LogP contribution in [0, 0.1) is 0 Å². The molecule has 0 unspecified atom stereocenters. The molecule has 0 radical (unpaired) electrons. The molecule has 3 aliphatic rings. The second-order valence-corrected chi connectivity index (χ2v) is 10.4. The second-order valence-electron chi connectivity index (χ2n) is 8.52. The van der Waals surface area contributed by atoms with Crippen molar-refractivity contribution in [2.45, 2.75) is 24.3 Å². The largest absolute Gasteiger partial charge is 0.543 e. The molecule has 35 heavy (non-hydrogen) atoms. The number of likely N-dealkylation sites (tertiary alicyclic amines) is 1. The molecular formula is C20H24FN7O5S2. The zero-order chi connectivity index (χ0) is 25.2. The number of β-lactam (4-membered cyclic amide) rings is 1. The molecule has 3 N–H and O–H groups in total. The third-order valence-electron chi connectivity index (χ3n) is 6.06. The van der Waals surface area contributed by atoms with Crippen molar-refractivity contribution >= 4 is 51.9 Å². The molecule has 0 saturated carbocycles. The van der Waals surface area contributed by atoms with Crippen molar-refractivity contribution in [1.82, 2.24) is 19.6 Å². The monoisotopic (exact) mass is 525 g/mol. The van der Waals surface area contributed by atoms with Gasteiger partial charge in [0.2, 0.25) is 11.5 Å². The van der Waals surface area contributed by atoms with Crippen molar-refractivity contribution in [3.8, 4) is 0 Å². The van der Waals surface area contributed by atoms with Gasteiger partial charge in [0, 0.05) is 30.1 Å². The van der Waals surface area contributed by atoms with E-state index in [9.17, 15) is 23.9 Å². The Morgan fingerprint density at radius 1 is 1.43 bits per heavy atom. The molecule has 0 aromatic carbocycles. The van der Waals surface area contributed by atoms with Gasteiger partial charge in [0.15, 0.2) is 5.13 Å². The molecule has 188 valence electrons. The number of thioether (sulfide) groups is 1. The lowest BCUT2D eigenvalue weighted by Gasteiger charge is -2.50. The summed E-state index contributed by atoms with van der Waals surface area (Å²) in [6.07, 6.45) is 6.02. The smallest absolute Gasteiger partial charge is 0.278 e. The van der Waals surface area contributed by atoms with Crippen LogP contribution in [0.1, 0.15) is 18.7 Å². The molecule has 12 nitrogen and oxygen atoms in total. The number of hydrogen-bond donors (Lipinski definition) is 2. The number of anilines is 1. The highest BCUT2D eigenvalue weighted by Crippen LogP contribution is 2.40. The fourth-order valence-electron chi connectivity index (χ4n) is 4.30. The molecule has 1 aromatic rings. The van der Waals surface area contributed by atoms with E-state index in [1.54, 1.807) is 6.08 Å². The van der Waals surface area contributed by atoms with Crippen molar-refractivity contribution in [2.75, 3.05) is 45.0 Å². The quantitative estimate of drug-likeness (QED) is 0.178. The maximum Gasteiger partial charge on any atom is 0.278 e. The Balaban J connectivity index is 1.48. The first kappa shape index (κ1) is 25.1. The van der Waals surface area contributed by atoms with E-state index in [-0.39, 0.29) is 16.7 Å². The first-order valence-corrected chi connectivity index (χ1v) is 12.6. The Morgan fingerprint density at radius 2 is 2.17 bits per heavy atom. The normalized spacial score (nSPS) is 23.9. The van der Waals surface area contributed by atoms with Gasteiger partial charge in [0.25, 0.3) is 18.7 Å². The predicted molar refractivity (Wildman–Crippen MR) is 124 cm³/mol. The van der Waals surface area contributed by atoms with Crippen molar-refractivity contribution < 1.29 is 33.2 Å². The number of carbonyl (C=O) groups excluding carboxylic acids is 3. The number of quaternary nitrogens is 1. The number of likely N-dealkylation sites (N-methyl/N-ethyl adjacent to an activating group) is 1. The molecule has 1 aromatic heterocycles. The minimum atomic E-state index is -1.46. The number of amides is 2. The summed E-state index contributed by atoms with van der Waals surface area (Å²) in [4.78, 5) is 46.8. The highest BCUT2D eigenvalue weighted by atomic mass is 32.2. The van der Waals surface area contributed by atoms with Gasteiger partial charge in [-0.3, -0.25) is 14.5 Å². The fraction of sp³-hybridized carbons (Fsp3) is 0.500. The molecule has 3 aliphatic heterocycles. The number of hydrogen-bond acceptors (Lipinski definition) is 11. The average Bonchev–Trinajstić information content (AvgIpc) is 3.45. The number of carbonyl (C=O) groups is 3. The minimum Gasteiger partial charge on any atom is -0.543 e. The van der Waals surface area contributed by atoms with E-state index in [1.165, 1.54) is 24.6 Å². The van der Waals surface area contributed by atoms with Gasteiger partial charge < -0.3 is 30.3 Å². The van der Waals surface area contributed by atoms with E-state index >= 15 is 0 Å². The highest BCUT2D eigenvalue weighted by Gasteiger charge is 2.53. The van der Waals surface area contributed by atoms with Crippen LogP contribution in [0.2, 0.25) is 0 Å². The van der Waals surface area contributed by atoms with Crippen LogP contribution in [0.4, 0.5) is 9.52 Å². The molecule has 4 heterocycles. The number of nitrogen functional groups attached to an aromatic ring is 1. The molecule has 2 amide bonds. The molecule has 2 saturated heterocycles. The van der Waals surface area contributed by atoms with E-state index < -0.39 is 41.8 Å². The lowest BCUT2D eigenvalue weighted by molar-refractivity contribution is -0.891. The van der Waals surface area contributed by atoms with E-state index in [4.69, 9.17) is 5.73 Å². The van der Waals surface area contributed by atoms with Crippen molar-refractivity contribution in [3.63, 3.8) is 0 Å². The van der Waals surface area contributed by atoms with Gasteiger partial charge in [-0.05, 0) is 11.6 Å². The van der Waals surface area contributed by atoms with Crippen molar-refractivity contribution in [3.05, 3.63) is 29.2 Å². The highest BCUT2D eigenvalue weighted by molar-refractivity contribution is 8.00. The fourth-order valence-corrected chi connectivity index (χ4v) is 6.06. The number of alkyl halides is 1. The molecule has 4 rings (SSSR count). The maximum atomic E-state index is 12.9. The predicted octanol–water partition coefficient (Wildman–Crippen LogP) is -1.03. The molecule has 2 fully saturated rings. The first-order valence-electron chi connectivity index (χ1n) is 10.8. The van der Waals surface area contributed by atoms with Crippen molar-refractivity contribution in [2.24, 2.45) is 5.16 Å². The van der Waals surface area contributed by atoms with Gasteiger partial charge in [0.05, 0.1) is 38.3 Å². The van der Waals surface area contributed by atoms with Gasteiger partial charge in [-0.2, -0.15) is 9.36 Å². The number of allylic oxidation sites excluding steroid dienone is 1. The number of aromatic nitrogens is 2. The number of halogens is 1. The molecule has 0 spiro atoms. The topological polar surface area (TPSA) is 163 Å². The van der Waals surface area contributed by atoms with Gasteiger partial charge >= 0.3 is 0 Å². The summed E-state index contributed by atoms with van der Waals surface area (Å²) in [5.74, 6) is -2.83. The Bertz CT molecular complexity index is 1120. The molecular weight excluding hydrogens is 501 g/mol. The minimum absolute atomic E-state index is 0.0551. The molecule has 2 atom stereocenters. The van der Waals surface area contributed by atoms with Crippen LogP contribution < -0.4 is 16.2 Å². The number of oxime groups is 1. The van der Waals surface area contributed by atoms with Crippen LogP contribution in [0.15, 0.2) is 28.6 Å². The molecule has 0 aliphatic carbocycles. The van der Waals surface area contributed by atoms with E-state index in [2.05, 4.69) is 31.7 Å². The van der Waals surface area contributed by atoms with Crippen LogP contribution in [0.3, 0.4) is 0 Å². The van der Waals surface area contributed by atoms with E-state index in [0.717, 1.165) is 40.5 Å². The molecule has 0 bridgehead atoms. The van der Waals surface area contributed by atoms with E-state index in [1.807, 2.05) is 6.08 Å². The maximum absolute atomic E-state index is 12.9. The summed E-state index contributed by atoms with van der Waals surface area (Å²) >= 11 is 2.11. The lowest BCUT2D eigenvalue weighted by atomic mass is 10.0. The number of fused-ring (bicyclic) bond motifs is 1. The Hall–Kier alpha value is -3.04. The van der Waals surface area contributed by atoms with Crippen LogP contribution >= 0.6 is 23.3 Å². The third-order valence-corrected chi connectivity index (χ3v) is 7.91. The average molecular weight is 526 g/mol. The zero-order valence-corrected chi connectivity index (χ0v) is 20.4. The molecule has 15 heteroatoms. The zero-order valence-electron chi connectivity index (χ0n) is 18.8. The van der Waals surface area contributed by atoms with Gasteiger partial charge in [-0.1, -0.05) is 11.2 Å². The number of carboxylic acids is 1. The van der Waals surface area contributed by atoms with Crippen molar-refractivity contribution in [1.29, 1.82) is 0 Å². The van der Waals surface area contributed by atoms with Crippen LogP contribution in [0.25, 0.3) is 0 Å². The van der Waals surface area contributed by atoms with Gasteiger partial charge in [-0.25, -0.2) is 4.39 Å². The Kier molecular flexibility index (Phi) is 7.37. The Morgan fingerprint density at radius 3 is 2.80 bits per heavy atom. The summed E-state index contributed by atoms with van der Waals surface area (Å²) in [7, 11) is 2.16.